The van der Waals surface area contributed by atoms with Crippen LogP contribution >= 0.6 is 0 Å². The van der Waals surface area contributed by atoms with Crippen molar-refractivity contribution in [1.82, 2.24) is 0 Å². The van der Waals surface area contributed by atoms with Crippen molar-refractivity contribution in [3.8, 4) is 0 Å². The number of rotatable bonds is 5. The standard InChI is InChI=1S/C10H12N2O5S/c1-17-11-9(10(13)14)7-4-3-5-8(6-7)12-18(2,15)16/h3-6,12H,1-2H3,(H,13,14). The third-order valence-electron chi connectivity index (χ3n) is 1.82. The summed E-state index contributed by atoms with van der Waals surface area (Å²) in [4.78, 5) is 15.4. The van der Waals surface area contributed by atoms with Gasteiger partial charge in [-0.1, -0.05) is 17.3 Å². The summed E-state index contributed by atoms with van der Waals surface area (Å²) in [7, 11) is -2.20. The van der Waals surface area contributed by atoms with Crippen molar-refractivity contribution in [2.24, 2.45) is 5.16 Å². The molecule has 0 amide bonds. The molecule has 0 radical (unpaired) electrons. The zero-order chi connectivity index (χ0) is 13.8. The van der Waals surface area contributed by atoms with Crippen LogP contribution in [-0.4, -0.2) is 38.6 Å². The molecule has 1 rings (SSSR count). The molecule has 0 spiro atoms. The van der Waals surface area contributed by atoms with Crippen LogP contribution in [-0.2, 0) is 19.7 Å². The smallest absolute Gasteiger partial charge is 0.358 e. The lowest BCUT2D eigenvalue weighted by Gasteiger charge is -2.06. The highest BCUT2D eigenvalue weighted by molar-refractivity contribution is 7.92. The maximum Gasteiger partial charge on any atom is 0.358 e. The molecular formula is C10H12N2O5S. The quantitative estimate of drug-likeness (QED) is 0.599. The van der Waals surface area contributed by atoms with Crippen molar-refractivity contribution >= 4 is 27.4 Å². The van der Waals surface area contributed by atoms with Crippen LogP contribution in [0.1, 0.15) is 5.56 Å². The first-order valence-corrected chi connectivity index (χ1v) is 6.65. The zero-order valence-corrected chi connectivity index (χ0v) is 10.6. The molecule has 0 atom stereocenters. The summed E-state index contributed by atoms with van der Waals surface area (Å²) in [6, 6.07) is 5.85. The highest BCUT2D eigenvalue weighted by Gasteiger charge is 2.14. The number of nitrogens with zero attached hydrogens (tertiary/aromatic N) is 1. The summed E-state index contributed by atoms with van der Waals surface area (Å²) in [5.74, 6) is -1.27. The number of oxime groups is 1. The SMILES string of the molecule is CON=C(C(=O)O)c1cccc(NS(C)(=O)=O)c1. The number of anilines is 1. The fourth-order valence-electron chi connectivity index (χ4n) is 1.25. The Morgan fingerprint density at radius 3 is 2.61 bits per heavy atom. The predicted octanol–water partition coefficient (Wildman–Crippen LogP) is 0.493. The molecule has 18 heavy (non-hydrogen) atoms. The third kappa shape index (κ3) is 4.06. The number of aliphatic carboxylic acids is 1. The Morgan fingerprint density at radius 1 is 1.44 bits per heavy atom. The van der Waals surface area contributed by atoms with Crippen molar-refractivity contribution in [1.29, 1.82) is 0 Å². The number of hydrogen-bond donors (Lipinski definition) is 2. The van der Waals surface area contributed by atoms with E-state index in [0.29, 0.717) is 0 Å². The highest BCUT2D eigenvalue weighted by atomic mass is 32.2. The van der Waals surface area contributed by atoms with Gasteiger partial charge < -0.3 is 9.94 Å². The number of benzene rings is 1. The minimum Gasteiger partial charge on any atom is -0.476 e. The van der Waals surface area contributed by atoms with Crippen LogP contribution in [0.5, 0.6) is 0 Å². The lowest BCUT2D eigenvalue weighted by molar-refractivity contribution is -0.129. The Bertz CT molecular complexity index is 580. The van der Waals surface area contributed by atoms with Gasteiger partial charge in [-0.05, 0) is 12.1 Å². The van der Waals surface area contributed by atoms with Crippen molar-refractivity contribution in [3.63, 3.8) is 0 Å². The molecule has 0 aliphatic heterocycles. The predicted molar refractivity (Wildman–Crippen MR) is 66.1 cm³/mol. The lowest BCUT2D eigenvalue weighted by Crippen LogP contribution is -2.16. The Balaban J connectivity index is 3.15. The van der Waals surface area contributed by atoms with Gasteiger partial charge >= 0.3 is 5.97 Å². The van der Waals surface area contributed by atoms with Gasteiger partial charge in [-0.25, -0.2) is 13.2 Å². The summed E-state index contributed by atoms with van der Waals surface area (Å²) in [6.45, 7) is 0. The maximum absolute atomic E-state index is 11.1. The van der Waals surface area contributed by atoms with Crippen LogP contribution in [0.3, 0.4) is 0 Å². The van der Waals surface area contributed by atoms with Crippen LogP contribution in [0.4, 0.5) is 5.69 Å². The van der Waals surface area contributed by atoms with Gasteiger partial charge in [0.15, 0.2) is 5.71 Å². The van der Waals surface area contributed by atoms with Gasteiger partial charge in [0, 0.05) is 11.3 Å². The maximum atomic E-state index is 11.1. The molecule has 0 aliphatic carbocycles. The molecule has 98 valence electrons. The molecule has 2 N–H and O–H groups in total. The molecule has 0 fully saturated rings. The fourth-order valence-corrected chi connectivity index (χ4v) is 1.81. The molecular weight excluding hydrogens is 260 g/mol. The van der Waals surface area contributed by atoms with E-state index in [9.17, 15) is 13.2 Å². The van der Waals surface area contributed by atoms with Gasteiger partial charge in [0.2, 0.25) is 10.0 Å². The van der Waals surface area contributed by atoms with E-state index in [2.05, 4.69) is 14.7 Å². The molecule has 0 saturated heterocycles. The monoisotopic (exact) mass is 272 g/mol. The summed E-state index contributed by atoms with van der Waals surface area (Å²) in [6.07, 6.45) is 1.00. The van der Waals surface area contributed by atoms with Gasteiger partial charge in [0.1, 0.15) is 7.11 Å². The van der Waals surface area contributed by atoms with Crippen molar-refractivity contribution in [2.75, 3.05) is 18.1 Å². The Kier molecular flexibility index (Phi) is 4.27. The molecule has 8 heteroatoms. The van der Waals surface area contributed by atoms with Gasteiger partial charge in [0.25, 0.3) is 0 Å². The van der Waals surface area contributed by atoms with Gasteiger partial charge in [-0.2, -0.15) is 0 Å². The summed E-state index contributed by atoms with van der Waals surface area (Å²) in [5, 5.41) is 12.3. The summed E-state index contributed by atoms with van der Waals surface area (Å²) in [5.41, 5.74) is 0.174. The molecule has 0 saturated carbocycles. The first-order chi connectivity index (χ1) is 8.33. The van der Waals surface area contributed by atoms with E-state index in [4.69, 9.17) is 5.11 Å². The van der Waals surface area contributed by atoms with Crippen LogP contribution in [0, 0.1) is 0 Å². The average Bonchev–Trinajstić information content (AvgIpc) is 2.23. The number of carboxylic acids is 1. The number of carboxylic acid groups (broad SMARTS) is 1. The lowest BCUT2D eigenvalue weighted by atomic mass is 10.1. The molecule has 0 unspecified atom stereocenters. The number of sulfonamides is 1. The minimum atomic E-state index is -3.42. The average molecular weight is 272 g/mol. The first kappa shape index (κ1) is 14.0. The van der Waals surface area contributed by atoms with Gasteiger partial charge in [-0.15, -0.1) is 0 Å². The van der Waals surface area contributed by atoms with E-state index in [1.807, 2.05) is 0 Å². The molecule has 0 aliphatic rings. The second kappa shape index (κ2) is 5.50. The topological polar surface area (TPSA) is 105 Å². The van der Waals surface area contributed by atoms with E-state index in [1.165, 1.54) is 31.4 Å². The molecule has 1 aromatic rings. The number of carbonyl (C=O) groups is 1. The minimum absolute atomic E-state index is 0.234. The number of nitrogens with one attached hydrogen (secondary N) is 1. The summed E-state index contributed by atoms with van der Waals surface area (Å²) < 4.78 is 24.4. The van der Waals surface area contributed by atoms with E-state index >= 15 is 0 Å². The van der Waals surface area contributed by atoms with E-state index in [-0.39, 0.29) is 17.0 Å². The molecule has 7 nitrogen and oxygen atoms in total. The van der Waals surface area contributed by atoms with Gasteiger partial charge in [0.05, 0.1) is 6.26 Å². The van der Waals surface area contributed by atoms with E-state index in [1.54, 1.807) is 0 Å². The largest absolute Gasteiger partial charge is 0.476 e. The second-order valence-corrected chi connectivity index (χ2v) is 5.13. The van der Waals surface area contributed by atoms with Crippen LogP contribution in [0.2, 0.25) is 0 Å². The third-order valence-corrected chi connectivity index (χ3v) is 2.43. The van der Waals surface area contributed by atoms with Crippen molar-refractivity contribution in [3.05, 3.63) is 29.8 Å². The van der Waals surface area contributed by atoms with E-state index in [0.717, 1.165) is 6.26 Å². The highest BCUT2D eigenvalue weighted by Crippen LogP contribution is 2.13. The van der Waals surface area contributed by atoms with Crippen LogP contribution < -0.4 is 4.72 Å². The number of hydrogen-bond acceptors (Lipinski definition) is 5. The zero-order valence-electron chi connectivity index (χ0n) is 9.75. The fraction of sp³-hybridized carbons (Fsp3) is 0.200. The molecule has 0 heterocycles. The van der Waals surface area contributed by atoms with Gasteiger partial charge in [-0.3, -0.25) is 4.72 Å². The summed E-state index contributed by atoms with van der Waals surface area (Å²) >= 11 is 0. The van der Waals surface area contributed by atoms with Crippen molar-refractivity contribution in [2.45, 2.75) is 0 Å². The Labute approximate surface area is 104 Å². The molecule has 0 bridgehead atoms. The Hall–Kier alpha value is -2.09. The molecule has 0 aromatic heterocycles. The normalized spacial score (nSPS) is 12.0. The second-order valence-electron chi connectivity index (χ2n) is 3.38. The van der Waals surface area contributed by atoms with Crippen molar-refractivity contribution < 1.29 is 23.2 Å². The molecule has 1 aromatic carbocycles. The first-order valence-electron chi connectivity index (χ1n) is 4.76. The van der Waals surface area contributed by atoms with Crippen LogP contribution in [0.25, 0.3) is 0 Å². The Morgan fingerprint density at radius 2 is 2.11 bits per heavy atom. The van der Waals surface area contributed by atoms with E-state index < -0.39 is 16.0 Å². The van der Waals surface area contributed by atoms with Crippen LogP contribution in [0.15, 0.2) is 29.4 Å².